The maximum atomic E-state index is 12.2. The lowest BCUT2D eigenvalue weighted by Gasteiger charge is -2.01. The predicted octanol–water partition coefficient (Wildman–Crippen LogP) is 2.80. The van der Waals surface area contributed by atoms with Gasteiger partial charge in [0.1, 0.15) is 12.1 Å². The molecule has 0 saturated heterocycles. The Bertz CT molecular complexity index is 879. The molecule has 112 valence electrons. The van der Waals surface area contributed by atoms with Crippen LogP contribution < -0.4 is 5.32 Å². The lowest BCUT2D eigenvalue weighted by molar-refractivity contribution is -0.139. The molecule has 5 heteroatoms. The summed E-state index contributed by atoms with van der Waals surface area (Å²) < 4.78 is 10.3. The third-order valence-corrected chi connectivity index (χ3v) is 3.66. The highest BCUT2D eigenvalue weighted by Gasteiger charge is 2.19. The molecule has 0 aliphatic rings. The number of hydrogen-bond donors (Lipinski definition) is 1. The van der Waals surface area contributed by atoms with E-state index in [1.165, 1.54) is 7.11 Å². The molecule has 0 aliphatic heterocycles. The number of carbonyl (C=O) groups excluding carboxylic acids is 2. The summed E-state index contributed by atoms with van der Waals surface area (Å²) in [4.78, 5) is 23.3. The Kier molecular flexibility index (Phi) is 3.55. The quantitative estimate of drug-likeness (QED) is 0.755. The lowest BCUT2D eigenvalue weighted by Crippen LogP contribution is -2.30. The van der Waals surface area contributed by atoms with E-state index in [1.807, 2.05) is 43.3 Å². The third-order valence-electron chi connectivity index (χ3n) is 3.66. The minimum absolute atomic E-state index is 0.188. The van der Waals surface area contributed by atoms with Gasteiger partial charge in [0.25, 0.3) is 5.91 Å². The van der Waals surface area contributed by atoms with E-state index in [9.17, 15) is 9.59 Å². The van der Waals surface area contributed by atoms with Gasteiger partial charge in [-0.3, -0.25) is 9.59 Å². The number of carbonyl (C=O) groups is 2. The second-order valence-corrected chi connectivity index (χ2v) is 4.98. The van der Waals surface area contributed by atoms with Crippen LogP contribution in [0.15, 0.2) is 40.8 Å². The van der Waals surface area contributed by atoms with Crippen LogP contribution in [0, 0.1) is 6.92 Å². The van der Waals surface area contributed by atoms with E-state index in [-0.39, 0.29) is 12.3 Å². The fraction of sp³-hybridized carbons (Fsp3) is 0.176. The number of rotatable bonds is 3. The van der Waals surface area contributed by atoms with Crippen LogP contribution in [-0.2, 0) is 9.53 Å². The van der Waals surface area contributed by atoms with Crippen molar-refractivity contribution in [3.8, 4) is 0 Å². The molecular weight excluding hydrogens is 282 g/mol. The third kappa shape index (κ3) is 2.30. The van der Waals surface area contributed by atoms with Crippen LogP contribution in [0.2, 0.25) is 0 Å². The number of aryl methyl sites for hydroxylation is 1. The van der Waals surface area contributed by atoms with E-state index in [4.69, 9.17) is 4.42 Å². The number of ether oxygens (including phenoxy) is 1. The summed E-state index contributed by atoms with van der Waals surface area (Å²) in [7, 11) is 1.27. The van der Waals surface area contributed by atoms with Gasteiger partial charge in [-0.15, -0.1) is 0 Å². The van der Waals surface area contributed by atoms with Gasteiger partial charge in [0, 0.05) is 16.3 Å². The molecule has 2 aromatic carbocycles. The first kappa shape index (κ1) is 14.1. The van der Waals surface area contributed by atoms with Gasteiger partial charge in [0.15, 0.2) is 5.76 Å². The molecule has 0 aliphatic carbocycles. The number of methoxy groups -OCH3 is 1. The number of fused-ring (bicyclic) bond motifs is 3. The first-order valence-electron chi connectivity index (χ1n) is 6.87. The molecule has 1 aromatic heterocycles. The van der Waals surface area contributed by atoms with Gasteiger partial charge < -0.3 is 14.5 Å². The minimum atomic E-state index is -0.507. The molecule has 1 amide bonds. The summed E-state index contributed by atoms with van der Waals surface area (Å²) in [5.74, 6) is -0.717. The highest BCUT2D eigenvalue weighted by atomic mass is 16.5. The second kappa shape index (κ2) is 5.52. The van der Waals surface area contributed by atoms with E-state index >= 15 is 0 Å². The lowest BCUT2D eigenvalue weighted by atomic mass is 10.1. The Labute approximate surface area is 126 Å². The van der Waals surface area contributed by atoms with E-state index in [0.29, 0.717) is 5.58 Å². The fourth-order valence-corrected chi connectivity index (χ4v) is 2.47. The highest BCUT2D eigenvalue weighted by Crippen LogP contribution is 2.31. The number of furan rings is 1. The highest BCUT2D eigenvalue weighted by molar-refractivity contribution is 6.09. The van der Waals surface area contributed by atoms with Crippen molar-refractivity contribution in [2.75, 3.05) is 13.7 Å². The normalized spacial score (nSPS) is 10.8. The van der Waals surface area contributed by atoms with Gasteiger partial charge in [-0.2, -0.15) is 0 Å². The second-order valence-electron chi connectivity index (χ2n) is 4.98. The summed E-state index contributed by atoms with van der Waals surface area (Å²) in [5, 5.41) is 5.38. The summed E-state index contributed by atoms with van der Waals surface area (Å²) in [6, 6.07) is 11.8. The van der Waals surface area contributed by atoms with Crippen molar-refractivity contribution in [1.82, 2.24) is 5.32 Å². The van der Waals surface area contributed by atoms with Crippen molar-refractivity contribution in [3.05, 3.63) is 47.7 Å². The summed E-state index contributed by atoms with van der Waals surface area (Å²) in [5.41, 5.74) is 1.43. The van der Waals surface area contributed by atoms with E-state index < -0.39 is 11.9 Å². The van der Waals surface area contributed by atoms with Crippen LogP contribution in [0.25, 0.3) is 21.7 Å². The molecule has 1 N–H and O–H groups in total. The monoisotopic (exact) mass is 297 g/mol. The molecule has 0 fully saturated rings. The first-order chi connectivity index (χ1) is 10.6. The molecule has 22 heavy (non-hydrogen) atoms. The molecule has 0 saturated carbocycles. The van der Waals surface area contributed by atoms with Gasteiger partial charge in [-0.05, 0) is 12.3 Å². The predicted molar refractivity (Wildman–Crippen MR) is 82.8 cm³/mol. The van der Waals surface area contributed by atoms with Crippen molar-refractivity contribution >= 4 is 33.6 Å². The zero-order chi connectivity index (χ0) is 15.7. The SMILES string of the molecule is COC(=O)CNC(=O)c1oc2c(ccc3ccccc32)c1C. The molecule has 1 heterocycles. The van der Waals surface area contributed by atoms with Crippen LogP contribution in [0.4, 0.5) is 0 Å². The van der Waals surface area contributed by atoms with E-state index in [2.05, 4.69) is 10.1 Å². The maximum absolute atomic E-state index is 12.2. The molecule has 5 nitrogen and oxygen atoms in total. The molecule has 3 aromatic rings. The topological polar surface area (TPSA) is 68.5 Å². The average Bonchev–Trinajstić information content (AvgIpc) is 2.89. The van der Waals surface area contributed by atoms with Crippen LogP contribution in [0.5, 0.6) is 0 Å². The number of hydrogen-bond acceptors (Lipinski definition) is 4. The first-order valence-corrected chi connectivity index (χ1v) is 6.87. The Morgan fingerprint density at radius 1 is 1.14 bits per heavy atom. The van der Waals surface area contributed by atoms with Gasteiger partial charge in [-0.1, -0.05) is 36.4 Å². The van der Waals surface area contributed by atoms with Crippen LogP contribution in [-0.4, -0.2) is 25.5 Å². The van der Waals surface area contributed by atoms with Crippen molar-refractivity contribution < 1.29 is 18.7 Å². The molecule has 0 bridgehead atoms. The number of nitrogens with one attached hydrogen (secondary N) is 1. The summed E-state index contributed by atoms with van der Waals surface area (Å²) in [6.07, 6.45) is 0. The molecular formula is C17H15NO4. The van der Waals surface area contributed by atoms with E-state index in [0.717, 1.165) is 21.7 Å². The number of benzene rings is 2. The zero-order valence-electron chi connectivity index (χ0n) is 12.3. The largest absolute Gasteiger partial charge is 0.468 e. The Hall–Kier alpha value is -2.82. The minimum Gasteiger partial charge on any atom is -0.468 e. The Morgan fingerprint density at radius 2 is 1.91 bits per heavy atom. The average molecular weight is 297 g/mol. The van der Waals surface area contributed by atoms with Crippen LogP contribution in [0.1, 0.15) is 16.1 Å². The van der Waals surface area contributed by atoms with Crippen molar-refractivity contribution in [1.29, 1.82) is 0 Å². The summed E-state index contributed by atoms with van der Waals surface area (Å²) in [6.45, 7) is 1.64. The van der Waals surface area contributed by atoms with Gasteiger partial charge in [0.2, 0.25) is 0 Å². The van der Waals surface area contributed by atoms with Gasteiger partial charge >= 0.3 is 5.97 Å². The molecule has 0 atom stereocenters. The fourth-order valence-electron chi connectivity index (χ4n) is 2.47. The Balaban J connectivity index is 2.04. The molecule has 0 unspecified atom stereocenters. The maximum Gasteiger partial charge on any atom is 0.325 e. The summed E-state index contributed by atoms with van der Waals surface area (Å²) >= 11 is 0. The van der Waals surface area contributed by atoms with Crippen molar-refractivity contribution in [3.63, 3.8) is 0 Å². The molecule has 0 spiro atoms. The smallest absolute Gasteiger partial charge is 0.325 e. The molecule has 0 radical (unpaired) electrons. The van der Waals surface area contributed by atoms with E-state index in [1.54, 1.807) is 0 Å². The van der Waals surface area contributed by atoms with Crippen LogP contribution in [0.3, 0.4) is 0 Å². The van der Waals surface area contributed by atoms with Crippen molar-refractivity contribution in [2.24, 2.45) is 0 Å². The number of esters is 1. The zero-order valence-corrected chi connectivity index (χ0v) is 12.3. The Morgan fingerprint density at radius 3 is 2.68 bits per heavy atom. The number of amides is 1. The van der Waals surface area contributed by atoms with Crippen LogP contribution >= 0.6 is 0 Å². The van der Waals surface area contributed by atoms with Crippen molar-refractivity contribution in [2.45, 2.75) is 6.92 Å². The standard InChI is InChI=1S/C17H15NO4/c1-10-12-8-7-11-5-3-4-6-13(11)16(12)22-15(10)17(20)18-9-14(19)21-2/h3-8H,9H2,1-2H3,(H,18,20). The van der Waals surface area contributed by atoms with Gasteiger partial charge in [0.05, 0.1) is 7.11 Å². The van der Waals surface area contributed by atoms with Gasteiger partial charge in [-0.25, -0.2) is 0 Å². The molecule has 3 rings (SSSR count).